The van der Waals surface area contributed by atoms with Gasteiger partial charge >= 0.3 is 5.97 Å². The molecular formula is C20H15BrO3. The van der Waals surface area contributed by atoms with E-state index >= 15 is 0 Å². The highest BCUT2D eigenvalue weighted by Crippen LogP contribution is 2.43. The number of hydrogen-bond acceptors (Lipinski definition) is 3. The van der Waals surface area contributed by atoms with Gasteiger partial charge in [-0.05, 0) is 46.7 Å². The average molecular weight is 383 g/mol. The van der Waals surface area contributed by atoms with E-state index in [4.69, 9.17) is 9.47 Å². The Bertz CT molecular complexity index is 932. The minimum atomic E-state index is -0.195. The van der Waals surface area contributed by atoms with Crippen LogP contribution in [0.25, 0.3) is 10.8 Å². The molecule has 4 heteroatoms. The molecule has 4 rings (SSSR count). The van der Waals surface area contributed by atoms with Gasteiger partial charge in [0.2, 0.25) is 0 Å². The van der Waals surface area contributed by atoms with E-state index in [2.05, 4.69) is 28.1 Å². The molecule has 3 aromatic carbocycles. The molecule has 1 atom stereocenters. The number of halogens is 1. The summed E-state index contributed by atoms with van der Waals surface area (Å²) < 4.78 is 11.8. The number of methoxy groups -OCH3 is 1. The van der Waals surface area contributed by atoms with Crippen molar-refractivity contribution in [2.24, 2.45) is 0 Å². The number of fused-ring (bicyclic) bond motifs is 3. The van der Waals surface area contributed by atoms with Crippen molar-refractivity contribution < 1.29 is 14.3 Å². The van der Waals surface area contributed by atoms with Gasteiger partial charge in [0.1, 0.15) is 11.5 Å². The van der Waals surface area contributed by atoms with Gasteiger partial charge in [-0.15, -0.1) is 0 Å². The van der Waals surface area contributed by atoms with Crippen LogP contribution in [0.4, 0.5) is 0 Å². The van der Waals surface area contributed by atoms with Crippen molar-refractivity contribution in [1.82, 2.24) is 0 Å². The maximum absolute atomic E-state index is 12.1. The van der Waals surface area contributed by atoms with Crippen LogP contribution < -0.4 is 9.47 Å². The molecule has 0 aromatic heterocycles. The van der Waals surface area contributed by atoms with Crippen LogP contribution in [-0.4, -0.2) is 13.1 Å². The molecule has 0 fully saturated rings. The second-order valence-electron chi connectivity index (χ2n) is 5.85. The van der Waals surface area contributed by atoms with Gasteiger partial charge in [-0.2, -0.15) is 0 Å². The van der Waals surface area contributed by atoms with E-state index in [1.807, 2.05) is 42.5 Å². The molecule has 0 aliphatic carbocycles. The summed E-state index contributed by atoms with van der Waals surface area (Å²) in [5.74, 6) is 1.25. The normalized spacial score (nSPS) is 16.6. The quantitative estimate of drug-likeness (QED) is 0.459. The van der Waals surface area contributed by atoms with Gasteiger partial charge in [-0.1, -0.05) is 40.2 Å². The highest BCUT2D eigenvalue weighted by Gasteiger charge is 2.30. The molecular weight excluding hydrogens is 368 g/mol. The molecule has 3 aromatic rings. The predicted molar refractivity (Wildman–Crippen MR) is 96.7 cm³/mol. The Kier molecular flexibility index (Phi) is 3.77. The highest BCUT2D eigenvalue weighted by atomic mass is 79.9. The molecule has 24 heavy (non-hydrogen) atoms. The largest absolute Gasteiger partial charge is 0.497 e. The maximum atomic E-state index is 12.1. The third-order valence-electron chi connectivity index (χ3n) is 4.44. The summed E-state index contributed by atoms with van der Waals surface area (Å²) >= 11 is 3.51. The molecule has 0 bridgehead atoms. The van der Waals surface area contributed by atoms with E-state index in [1.54, 1.807) is 7.11 Å². The summed E-state index contributed by atoms with van der Waals surface area (Å²) in [6, 6.07) is 17.9. The fourth-order valence-corrected chi connectivity index (χ4v) is 3.69. The Balaban J connectivity index is 1.92. The molecule has 0 amide bonds. The third kappa shape index (κ3) is 2.57. The highest BCUT2D eigenvalue weighted by molar-refractivity contribution is 9.10. The SMILES string of the molecule is COc1ccc(C2CC(=O)Oc3ccc4cc(Br)ccc4c32)cc1. The zero-order valence-electron chi connectivity index (χ0n) is 13.1. The van der Waals surface area contributed by atoms with Crippen molar-refractivity contribution in [3.05, 3.63) is 70.2 Å². The molecule has 0 N–H and O–H groups in total. The second-order valence-corrected chi connectivity index (χ2v) is 6.76. The lowest BCUT2D eigenvalue weighted by Crippen LogP contribution is -2.21. The van der Waals surface area contributed by atoms with Gasteiger partial charge in [0, 0.05) is 16.0 Å². The zero-order chi connectivity index (χ0) is 16.7. The standard InChI is InChI=1S/C20H15BrO3/c1-23-15-6-2-12(3-7-15)17-11-19(22)24-18-9-4-13-10-14(21)5-8-16(13)20(17)18/h2-10,17H,11H2,1H3. The van der Waals surface area contributed by atoms with Crippen LogP contribution in [0.15, 0.2) is 59.1 Å². The third-order valence-corrected chi connectivity index (χ3v) is 4.94. The lowest BCUT2D eigenvalue weighted by molar-refractivity contribution is -0.135. The van der Waals surface area contributed by atoms with Crippen LogP contribution in [0.5, 0.6) is 11.5 Å². The monoisotopic (exact) mass is 382 g/mol. The molecule has 0 saturated carbocycles. The van der Waals surface area contributed by atoms with E-state index in [0.29, 0.717) is 12.2 Å². The van der Waals surface area contributed by atoms with Gasteiger partial charge in [-0.25, -0.2) is 0 Å². The molecule has 0 spiro atoms. The summed E-state index contributed by atoms with van der Waals surface area (Å²) in [5.41, 5.74) is 2.16. The summed E-state index contributed by atoms with van der Waals surface area (Å²) in [6.45, 7) is 0. The van der Waals surface area contributed by atoms with Crippen molar-refractivity contribution in [2.45, 2.75) is 12.3 Å². The second kappa shape index (κ2) is 5.95. The number of rotatable bonds is 2. The first-order valence-corrected chi connectivity index (χ1v) is 8.52. The number of hydrogen-bond donors (Lipinski definition) is 0. The molecule has 0 saturated heterocycles. The minimum Gasteiger partial charge on any atom is -0.497 e. The van der Waals surface area contributed by atoms with E-state index in [1.165, 1.54) is 0 Å². The number of ether oxygens (including phenoxy) is 2. The molecule has 1 heterocycles. The number of carbonyl (C=O) groups excluding carboxylic acids is 1. The lowest BCUT2D eigenvalue weighted by Gasteiger charge is -2.26. The predicted octanol–water partition coefficient (Wildman–Crippen LogP) is 5.05. The van der Waals surface area contributed by atoms with Crippen LogP contribution in [0, 0.1) is 0 Å². The van der Waals surface area contributed by atoms with Crippen molar-refractivity contribution >= 4 is 32.7 Å². The molecule has 1 aliphatic heterocycles. The van der Waals surface area contributed by atoms with E-state index < -0.39 is 0 Å². The fourth-order valence-electron chi connectivity index (χ4n) is 3.31. The van der Waals surface area contributed by atoms with Gasteiger partial charge in [-0.3, -0.25) is 4.79 Å². The first kappa shape index (κ1) is 15.2. The van der Waals surface area contributed by atoms with Crippen molar-refractivity contribution in [3.8, 4) is 11.5 Å². The molecule has 3 nitrogen and oxygen atoms in total. The van der Waals surface area contributed by atoms with Crippen LogP contribution in [0.3, 0.4) is 0 Å². The smallest absolute Gasteiger partial charge is 0.312 e. The minimum absolute atomic E-state index is 0.0166. The molecule has 1 unspecified atom stereocenters. The number of carbonyl (C=O) groups is 1. The summed E-state index contributed by atoms with van der Waals surface area (Å²) in [7, 11) is 1.65. The first-order chi connectivity index (χ1) is 11.7. The fraction of sp³-hybridized carbons (Fsp3) is 0.150. The van der Waals surface area contributed by atoms with Crippen molar-refractivity contribution in [2.75, 3.05) is 7.11 Å². The van der Waals surface area contributed by atoms with Gasteiger partial charge in [0.25, 0.3) is 0 Å². The van der Waals surface area contributed by atoms with Crippen LogP contribution in [-0.2, 0) is 4.79 Å². The Morgan fingerprint density at radius 2 is 1.88 bits per heavy atom. The number of esters is 1. The maximum Gasteiger partial charge on any atom is 0.312 e. The summed E-state index contributed by atoms with van der Waals surface area (Å²) in [5, 5.41) is 2.24. The van der Waals surface area contributed by atoms with Crippen LogP contribution in [0.2, 0.25) is 0 Å². The van der Waals surface area contributed by atoms with Crippen molar-refractivity contribution in [1.29, 1.82) is 0 Å². The topological polar surface area (TPSA) is 35.5 Å². The summed E-state index contributed by atoms with van der Waals surface area (Å²) in [4.78, 5) is 12.1. The molecule has 0 radical (unpaired) electrons. The molecule has 1 aliphatic rings. The van der Waals surface area contributed by atoms with Crippen molar-refractivity contribution in [3.63, 3.8) is 0 Å². The Hall–Kier alpha value is -2.33. The molecule has 120 valence electrons. The van der Waals surface area contributed by atoms with E-state index in [0.717, 1.165) is 32.1 Å². The first-order valence-electron chi connectivity index (χ1n) is 7.72. The lowest BCUT2D eigenvalue weighted by atomic mass is 9.83. The Labute approximate surface area is 148 Å². The Morgan fingerprint density at radius 1 is 1.08 bits per heavy atom. The van der Waals surface area contributed by atoms with Crippen LogP contribution >= 0.6 is 15.9 Å². The summed E-state index contributed by atoms with van der Waals surface area (Å²) in [6.07, 6.45) is 0.342. The van der Waals surface area contributed by atoms with Gasteiger partial charge in [0.05, 0.1) is 13.5 Å². The van der Waals surface area contributed by atoms with Crippen LogP contribution in [0.1, 0.15) is 23.5 Å². The Morgan fingerprint density at radius 3 is 2.62 bits per heavy atom. The van der Waals surface area contributed by atoms with Gasteiger partial charge in [0.15, 0.2) is 0 Å². The van der Waals surface area contributed by atoms with E-state index in [-0.39, 0.29) is 11.9 Å². The van der Waals surface area contributed by atoms with Gasteiger partial charge < -0.3 is 9.47 Å². The number of benzene rings is 3. The zero-order valence-corrected chi connectivity index (χ0v) is 14.7. The average Bonchev–Trinajstić information content (AvgIpc) is 2.60. The van der Waals surface area contributed by atoms with E-state index in [9.17, 15) is 4.79 Å².